The molecule has 0 radical (unpaired) electrons. The smallest absolute Gasteiger partial charge is 0.260 e. The maximum Gasteiger partial charge on any atom is 0.260 e. The van der Waals surface area contributed by atoms with E-state index in [1.54, 1.807) is 4.90 Å². The van der Waals surface area contributed by atoms with E-state index in [0.717, 1.165) is 5.56 Å². The molecule has 3 heteroatoms. The number of nitrogens with zero attached hydrogens (tertiary/aromatic N) is 1. The van der Waals surface area contributed by atoms with Gasteiger partial charge in [-0.15, -0.1) is 0 Å². The average Bonchev–Trinajstić information content (AvgIpc) is 2.31. The third-order valence-corrected chi connectivity index (χ3v) is 2.95. The third kappa shape index (κ3) is 4.82. The van der Waals surface area contributed by atoms with E-state index in [-0.39, 0.29) is 13.0 Å². The molecular weight excluding hydrogens is 220 g/mol. The summed E-state index contributed by atoms with van der Waals surface area (Å²) in [5, 5.41) is 0. The summed E-state index contributed by atoms with van der Waals surface area (Å²) >= 11 is 0. The average molecular weight is 241 g/mol. The fraction of sp³-hybridized carbons (Fsp3) is 0.571. The number of hydrogen-bond donors (Lipinski definition) is 0. The van der Waals surface area contributed by atoms with Crippen molar-refractivity contribution < 1.29 is 8.78 Å². The van der Waals surface area contributed by atoms with Gasteiger partial charge in [0.25, 0.3) is 5.92 Å². The number of hydrogen-bond acceptors (Lipinski definition) is 1. The molecule has 1 aromatic rings. The zero-order valence-electron chi connectivity index (χ0n) is 10.8. The fourth-order valence-electron chi connectivity index (χ4n) is 1.67. The number of alkyl halides is 2. The number of halogens is 2. The van der Waals surface area contributed by atoms with E-state index in [9.17, 15) is 8.78 Å². The van der Waals surface area contributed by atoms with Crippen molar-refractivity contribution in [3.63, 3.8) is 0 Å². The van der Waals surface area contributed by atoms with Crippen LogP contribution in [0.3, 0.4) is 0 Å². The first kappa shape index (κ1) is 14.1. The van der Waals surface area contributed by atoms with Crippen molar-refractivity contribution in [3.05, 3.63) is 35.4 Å². The summed E-state index contributed by atoms with van der Waals surface area (Å²) < 4.78 is 26.6. The highest BCUT2D eigenvalue weighted by Crippen LogP contribution is 2.20. The van der Waals surface area contributed by atoms with Gasteiger partial charge in [0.15, 0.2) is 0 Å². The molecule has 0 aromatic heterocycles. The second kappa shape index (κ2) is 6.10. The molecule has 1 aromatic carbocycles. The number of benzene rings is 1. The van der Waals surface area contributed by atoms with E-state index >= 15 is 0 Å². The highest BCUT2D eigenvalue weighted by molar-refractivity contribution is 5.21. The predicted molar refractivity (Wildman–Crippen MR) is 67.4 cm³/mol. The summed E-state index contributed by atoms with van der Waals surface area (Å²) in [4.78, 5) is 1.79. The summed E-state index contributed by atoms with van der Waals surface area (Å²) in [6.45, 7) is 6.54. The number of rotatable bonds is 6. The molecule has 1 nitrogen and oxygen atoms in total. The van der Waals surface area contributed by atoms with Gasteiger partial charge in [0, 0.05) is 13.0 Å². The molecule has 0 unspecified atom stereocenters. The second-order valence-corrected chi connectivity index (χ2v) is 4.50. The van der Waals surface area contributed by atoms with E-state index < -0.39 is 5.92 Å². The van der Waals surface area contributed by atoms with Crippen LogP contribution in [0.2, 0.25) is 0 Å². The summed E-state index contributed by atoms with van der Waals surface area (Å²) in [6.07, 6.45) is -0.0998. The molecule has 0 saturated heterocycles. The van der Waals surface area contributed by atoms with E-state index in [1.807, 2.05) is 38.1 Å². The Balaban J connectivity index is 2.61. The summed E-state index contributed by atoms with van der Waals surface area (Å²) in [7, 11) is 0. The third-order valence-electron chi connectivity index (χ3n) is 2.95. The molecular formula is C14H21F2N. The van der Waals surface area contributed by atoms with Gasteiger partial charge >= 0.3 is 0 Å². The summed E-state index contributed by atoms with van der Waals surface area (Å²) in [5.74, 6) is -2.58. The first-order valence-corrected chi connectivity index (χ1v) is 6.12. The molecule has 0 fully saturated rings. The normalized spacial score (nSPS) is 12.1. The van der Waals surface area contributed by atoms with Crippen molar-refractivity contribution in [3.8, 4) is 0 Å². The van der Waals surface area contributed by atoms with Gasteiger partial charge in [-0.05, 0) is 19.0 Å². The predicted octanol–water partition coefficient (Wildman–Crippen LogP) is 3.86. The molecule has 0 heterocycles. The Kier molecular flexibility index (Phi) is 5.06. The Morgan fingerprint density at radius 3 is 2.18 bits per heavy atom. The van der Waals surface area contributed by atoms with Gasteiger partial charge in [-0.3, -0.25) is 4.90 Å². The molecule has 0 saturated carbocycles. The van der Waals surface area contributed by atoms with Crippen molar-refractivity contribution in [1.29, 1.82) is 0 Å². The van der Waals surface area contributed by atoms with E-state index in [0.29, 0.717) is 13.1 Å². The minimum absolute atomic E-state index is 0.0998. The van der Waals surface area contributed by atoms with Crippen LogP contribution in [0.25, 0.3) is 0 Å². The molecule has 0 bridgehead atoms. The van der Waals surface area contributed by atoms with Crippen molar-refractivity contribution >= 4 is 0 Å². The summed E-state index contributed by atoms with van der Waals surface area (Å²) in [6, 6.07) is 8.03. The van der Waals surface area contributed by atoms with Crippen molar-refractivity contribution in [2.45, 2.75) is 39.7 Å². The monoisotopic (exact) mass is 241 g/mol. The lowest BCUT2D eigenvalue weighted by Crippen LogP contribution is -2.36. The molecule has 17 heavy (non-hydrogen) atoms. The van der Waals surface area contributed by atoms with Gasteiger partial charge in [-0.2, -0.15) is 0 Å². The fourth-order valence-corrected chi connectivity index (χ4v) is 1.67. The standard InChI is InChI=1S/C14H21F2N/c1-4-14(15,16)11-17(5-2)10-13-8-6-12(3)7-9-13/h6-9H,4-5,10-11H2,1-3H3. The molecule has 0 aliphatic heterocycles. The van der Waals surface area contributed by atoms with E-state index in [1.165, 1.54) is 12.5 Å². The zero-order chi connectivity index (χ0) is 12.9. The highest BCUT2D eigenvalue weighted by atomic mass is 19.3. The quantitative estimate of drug-likeness (QED) is 0.731. The Morgan fingerprint density at radius 1 is 1.12 bits per heavy atom. The number of aryl methyl sites for hydroxylation is 1. The molecule has 0 amide bonds. The largest absolute Gasteiger partial charge is 0.293 e. The van der Waals surface area contributed by atoms with Crippen molar-refractivity contribution in [1.82, 2.24) is 4.90 Å². The van der Waals surface area contributed by atoms with Crippen LogP contribution in [0.5, 0.6) is 0 Å². The maximum absolute atomic E-state index is 13.3. The van der Waals surface area contributed by atoms with Crippen LogP contribution in [0, 0.1) is 6.92 Å². The minimum atomic E-state index is -2.58. The highest BCUT2D eigenvalue weighted by Gasteiger charge is 2.28. The molecule has 0 aliphatic rings. The minimum Gasteiger partial charge on any atom is -0.293 e. The van der Waals surface area contributed by atoms with Crippen molar-refractivity contribution in [2.24, 2.45) is 0 Å². The van der Waals surface area contributed by atoms with Crippen LogP contribution in [0.15, 0.2) is 24.3 Å². The van der Waals surface area contributed by atoms with Crippen LogP contribution in [0.1, 0.15) is 31.4 Å². The van der Waals surface area contributed by atoms with Gasteiger partial charge < -0.3 is 0 Å². The van der Waals surface area contributed by atoms with Crippen LogP contribution in [-0.4, -0.2) is 23.9 Å². The second-order valence-electron chi connectivity index (χ2n) is 4.50. The van der Waals surface area contributed by atoms with E-state index in [2.05, 4.69) is 0 Å². The molecule has 0 spiro atoms. The van der Waals surface area contributed by atoms with Crippen molar-refractivity contribution in [2.75, 3.05) is 13.1 Å². The van der Waals surface area contributed by atoms with E-state index in [4.69, 9.17) is 0 Å². The Labute approximate surface area is 102 Å². The SMILES string of the molecule is CCN(Cc1ccc(C)cc1)CC(F)(F)CC. The molecule has 1 rings (SSSR count). The summed E-state index contributed by atoms with van der Waals surface area (Å²) in [5.41, 5.74) is 2.28. The Hall–Kier alpha value is -0.960. The zero-order valence-corrected chi connectivity index (χ0v) is 10.8. The van der Waals surface area contributed by atoms with Gasteiger partial charge in [-0.25, -0.2) is 8.78 Å². The van der Waals surface area contributed by atoms with Crippen LogP contribution < -0.4 is 0 Å². The van der Waals surface area contributed by atoms with Crippen LogP contribution in [-0.2, 0) is 6.54 Å². The molecule has 96 valence electrons. The van der Waals surface area contributed by atoms with Gasteiger partial charge in [0.1, 0.15) is 0 Å². The maximum atomic E-state index is 13.3. The van der Waals surface area contributed by atoms with Crippen LogP contribution in [0.4, 0.5) is 8.78 Å². The molecule has 0 N–H and O–H groups in total. The van der Waals surface area contributed by atoms with Gasteiger partial charge in [0.05, 0.1) is 6.54 Å². The molecule has 0 aliphatic carbocycles. The van der Waals surface area contributed by atoms with Crippen LogP contribution >= 0.6 is 0 Å². The Morgan fingerprint density at radius 2 is 1.71 bits per heavy atom. The van der Waals surface area contributed by atoms with Gasteiger partial charge in [0.2, 0.25) is 0 Å². The Bertz CT molecular complexity index is 333. The van der Waals surface area contributed by atoms with Gasteiger partial charge in [-0.1, -0.05) is 43.7 Å². The lowest BCUT2D eigenvalue weighted by atomic mass is 10.1. The lowest BCUT2D eigenvalue weighted by Gasteiger charge is -2.25. The first-order valence-electron chi connectivity index (χ1n) is 6.12. The topological polar surface area (TPSA) is 3.24 Å². The molecule has 0 atom stereocenters. The lowest BCUT2D eigenvalue weighted by molar-refractivity contribution is -0.0360. The first-order chi connectivity index (χ1) is 7.96.